The van der Waals surface area contributed by atoms with E-state index in [0.29, 0.717) is 32.2 Å². The van der Waals surface area contributed by atoms with Crippen molar-refractivity contribution in [3.63, 3.8) is 0 Å². The maximum Gasteiger partial charge on any atom is 0.191 e. The van der Waals surface area contributed by atoms with E-state index in [1.807, 2.05) is 19.1 Å². The second-order valence-electron chi connectivity index (χ2n) is 5.72. The van der Waals surface area contributed by atoms with Gasteiger partial charge in [0.25, 0.3) is 0 Å². The van der Waals surface area contributed by atoms with Gasteiger partial charge in [-0.25, -0.2) is 9.38 Å². The third-order valence-corrected chi connectivity index (χ3v) is 3.51. The average Bonchev–Trinajstić information content (AvgIpc) is 3.15. The van der Waals surface area contributed by atoms with Gasteiger partial charge in [-0.3, -0.25) is 0 Å². The molecule has 0 saturated heterocycles. The van der Waals surface area contributed by atoms with E-state index in [1.165, 1.54) is 6.07 Å². The first-order valence-electron chi connectivity index (χ1n) is 8.63. The Bertz CT molecular complexity index is 662. The minimum atomic E-state index is -0.377. The van der Waals surface area contributed by atoms with Gasteiger partial charge in [0, 0.05) is 26.6 Å². The number of nitrogens with one attached hydrogen (secondary N) is 2. The van der Waals surface area contributed by atoms with E-state index in [0.717, 1.165) is 12.2 Å². The van der Waals surface area contributed by atoms with E-state index in [-0.39, 0.29) is 17.7 Å². The summed E-state index contributed by atoms with van der Waals surface area (Å²) in [5.41, 5.74) is 0. The van der Waals surface area contributed by atoms with Gasteiger partial charge in [0.1, 0.15) is 11.9 Å². The van der Waals surface area contributed by atoms with Crippen molar-refractivity contribution in [1.29, 1.82) is 0 Å². The molecule has 1 unspecified atom stereocenters. The largest absolute Gasteiger partial charge is 0.486 e. The Morgan fingerprint density at radius 3 is 2.73 bits per heavy atom. The molecule has 1 aromatic carbocycles. The van der Waals surface area contributed by atoms with Crippen LogP contribution in [-0.4, -0.2) is 45.4 Å². The van der Waals surface area contributed by atoms with Crippen molar-refractivity contribution in [1.82, 2.24) is 10.6 Å². The number of methoxy groups -OCH3 is 1. The van der Waals surface area contributed by atoms with Crippen molar-refractivity contribution >= 4 is 5.96 Å². The molecule has 26 heavy (non-hydrogen) atoms. The smallest absolute Gasteiger partial charge is 0.191 e. The van der Waals surface area contributed by atoms with Crippen molar-refractivity contribution in [3.8, 4) is 5.75 Å². The molecule has 0 aliphatic rings. The molecule has 0 spiro atoms. The molecule has 0 aliphatic heterocycles. The van der Waals surface area contributed by atoms with Crippen molar-refractivity contribution in [2.45, 2.75) is 19.4 Å². The summed E-state index contributed by atoms with van der Waals surface area (Å²) in [5.74, 6) is 1.41. The Kier molecular flexibility index (Phi) is 8.48. The van der Waals surface area contributed by atoms with Crippen LogP contribution in [0, 0.1) is 5.82 Å². The highest BCUT2D eigenvalue weighted by Gasteiger charge is 2.08. The molecule has 0 fully saturated rings. The van der Waals surface area contributed by atoms with E-state index >= 15 is 0 Å². The van der Waals surface area contributed by atoms with Crippen LogP contribution in [-0.2, 0) is 11.2 Å². The normalized spacial score (nSPS) is 12.7. The monoisotopic (exact) mass is 363 g/mol. The Morgan fingerprint density at radius 2 is 2.00 bits per heavy atom. The third kappa shape index (κ3) is 7.14. The SMILES string of the molecule is COCCNC(=NCC(C)Oc1ccccc1F)NCCc1ccco1. The van der Waals surface area contributed by atoms with Crippen LogP contribution in [0.5, 0.6) is 5.75 Å². The quantitative estimate of drug-likeness (QED) is 0.386. The zero-order valence-corrected chi connectivity index (χ0v) is 15.2. The lowest BCUT2D eigenvalue weighted by Gasteiger charge is -2.16. The molecule has 2 aromatic rings. The maximum absolute atomic E-state index is 13.6. The molecule has 0 saturated carbocycles. The molecule has 1 aromatic heterocycles. The maximum atomic E-state index is 13.6. The van der Waals surface area contributed by atoms with Crippen LogP contribution >= 0.6 is 0 Å². The van der Waals surface area contributed by atoms with Gasteiger partial charge in [0.05, 0.1) is 19.4 Å². The zero-order valence-electron chi connectivity index (χ0n) is 15.2. The van der Waals surface area contributed by atoms with Gasteiger partial charge in [0.15, 0.2) is 17.5 Å². The van der Waals surface area contributed by atoms with Gasteiger partial charge >= 0.3 is 0 Å². The summed E-state index contributed by atoms with van der Waals surface area (Å²) < 4.78 is 29.6. The van der Waals surface area contributed by atoms with Crippen LogP contribution < -0.4 is 15.4 Å². The van der Waals surface area contributed by atoms with Crippen LogP contribution in [0.15, 0.2) is 52.1 Å². The van der Waals surface area contributed by atoms with Crippen LogP contribution in [0.25, 0.3) is 0 Å². The number of para-hydroxylation sites is 1. The molecule has 142 valence electrons. The molecule has 0 radical (unpaired) electrons. The number of ether oxygens (including phenoxy) is 2. The van der Waals surface area contributed by atoms with Crippen molar-refractivity contribution < 1.29 is 18.3 Å². The van der Waals surface area contributed by atoms with E-state index in [1.54, 1.807) is 31.6 Å². The summed E-state index contributed by atoms with van der Waals surface area (Å²) in [6.45, 7) is 4.11. The first kappa shape index (κ1) is 19.8. The van der Waals surface area contributed by atoms with Gasteiger partial charge < -0.3 is 24.5 Å². The van der Waals surface area contributed by atoms with Crippen LogP contribution in [0.1, 0.15) is 12.7 Å². The Balaban J connectivity index is 1.84. The third-order valence-electron chi connectivity index (χ3n) is 3.51. The predicted molar refractivity (Wildman–Crippen MR) is 99.1 cm³/mol. The lowest BCUT2D eigenvalue weighted by Crippen LogP contribution is -2.40. The summed E-state index contributed by atoms with van der Waals surface area (Å²) in [7, 11) is 1.65. The summed E-state index contributed by atoms with van der Waals surface area (Å²) in [5, 5.41) is 6.43. The van der Waals surface area contributed by atoms with E-state index in [2.05, 4.69) is 15.6 Å². The van der Waals surface area contributed by atoms with Crippen LogP contribution in [0.3, 0.4) is 0 Å². The molecule has 2 N–H and O–H groups in total. The molecule has 1 atom stereocenters. The second kappa shape index (κ2) is 11.1. The van der Waals surface area contributed by atoms with Gasteiger partial charge in [0.2, 0.25) is 0 Å². The summed E-state index contributed by atoms with van der Waals surface area (Å²) in [6.07, 6.45) is 2.14. The van der Waals surface area contributed by atoms with E-state index < -0.39 is 0 Å². The van der Waals surface area contributed by atoms with Gasteiger partial charge in [-0.2, -0.15) is 0 Å². The number of guanidine groups is 1. The van der Waals surface area contributed by atoms with E-state index in [9.17, 15) is 4.39 Å². The molecule has 1 heterocycles. The van der Waals surface area contributed by atoms with Crippen molar-refractivity contribution in [2.24, 2.45) is 4.99 Å². The molecular formula is C19H26FN3O3. The van der Waals surface area contributed by atoms with Gasteiger partial charge in [-0.05, 0) is 31.2 Å². The van der Waals surface area contributed by atoms with Gasteiger partial charge in [-0.15, -0.1) is 0 Å². The number of furan rings is 1. The molecule has 0 aliphatic carbocycles. The highest BCUT2D eigenvalue weighted by molar-refractivity contribution is 5.79. The highest BCUT2D eigenvalue weighted by atomic mass is 19.1. The fourth-order valence-electron chi connectivity index (χ4n) is 2.22. The number of hydrogen-bond acceptors (Lipinski definition) is 4. The fraction of sp³-hybridized carbons (Fsp3) is 0.421. The number of benzene rings is 1. The average molecular weight is 363 g/mol. The Morgan fingerprint density at radius 1 is 1.19 bits per heavy atom. The van der Waals surface area contributed by atoms with Crippen molar-refractivity contribution in [2.75, 3.05) is 33.4 Å². The van der Waals surface area contributed by atoms with Crippen LogP contribution in [0.2, 0.25) is 0 Å². The number of hydrogen-bond donors (Lipinski definition) is 2. The molecule has 6 nitrogen and oxygen atoms in total. The minimum Gasteiger partial charge on any atom is -0.486 e. The predicted octanol–water partition coefficient (Wildman–Crippen LogP) is 2.61. The number of nitrogens with zero attached hydrogens (tertiary/aromatic N) is 1. The number of aliphatic imine (C=N–C) groups is 1. The fourth-order valence-corrected chi connectivity index (χ4v) is 2.22. The Hall–Kier alpha value is -2.54. The number of halogens is 1. The summed E-state index contributed by atoms with van der Waals surface area (Å²) in [6, 6.07) is 10.1. The minimum absolute atomic E-state index is 0.231. The highest BCUT2D eigenvalue weighted by Crippen LogP contribution is 2.16. The lowest BCUT2D eigenvalue weighted by molar-refractivity contribution is 0.203. The summed E-state index contributed by atoms with van der Waals surface area (Å²) >= 11 is 0. The van der Waals surface area contributed by atoms with E-state index in [4.69, 9.17) is 13.9 Å². The Labute approximate surface area is 153 Å². The first-order chi connectivity index (χ1) is 12.7. The van der Waals surface area contributed by atoms with Gasteiger partial charge in [-0.1, -0.05) is 12.1 Å². The summed E-state index contributed by atoms with van der Waals surface area (Å²) in [4.78, 5) is 4.50. The lowest BCUT2D eigenvalue weighted by atomic mass is 10.3. The molecule has 2 rings (SSSR count). The standard InChI is InChI=1S/C19H26FN3O3/c1-15(26-18-8-4-3-7-17(18)20)14-23-19(22-11-13-24-2)21-10-9-16-6-5-12-25-16/h3-8,12,15H,9-11,13-14H2,1-2H3,(H2,21,22,23). The first-order valence-corrected chi connectivity index (χ1v) is 8.63. The molecule has 0 amide bonds. The number of rotatable bonds is 10. The molecular weight excluding hydrogens is 337 g/mol. The molecule has 0 bridgehead atoms. The second-order valence-corrected chi connectivity index (χ2v) is 5.72. The molecule has 7 heteroatoms. The van der Waals surface area contributed by atoms with Crippen molar-refractivity contribution in [3.05, 3.63) is 54.2 Å². The van der Waals surface area contributed by atoms with Crippen LogP contribution in [0.4, 0.5) is 4.39 Å². The topological polar surface area (TPSA) is 68.0 Å². The zero-order chi connectivity index (χ0) is 18.6.